The molecule has 40 heavy (non-hydrogen) atoms. The van der Waals surface area contributed by atoms with Gasteiger partial charge < -0.3 is 14.7 Å². The molecule has 2 aliphatic heterocycles. The predicted molar refractivity (Wildman–Crippen MR) is 154 cm³/mol. The molecule has 214 valence electrons. The number of aliphatic hydroxyl groups excluding tert-OH is 1. The van der Waals surface area contributed by atoms with Gasteiger partial charge in [0.1, 0.15) is 10.9 Å². The van der Waals surface area contributed by atoms with Crippen LogP contribution in [-0.2, 0) is 21.9 Å². The number of carbonyl (C=O) groups excluding carboxylic acids is 1. The summed E-state index contributed by atoms with van der Waals surface area (Å²) in [6, 6.07) is 9.07. The lowest BCUT2D eigenvalue weighted by atomic mass is 9.69. The lowest BCUT2D eigenvalue weighted by molar-refractivity contribution is 0.0456. The molecule has 1 spiro atoms. The molecule has 2 bridgehead atoms. The molecule has 5 atom stereocenters. The number of benzene rings is 1. The summed E-state index contributed by atoms with van der Waals surface area (Å²) in [7, 11) is -3.87. The number of nitrogens with zero attached hydrogens (tertiary/aromatic N) is 2. The van der Waals surface area contributed by atoms with E-state index in [9.17, 15) is 18.3 Å². The zero-order valence-electron chi connectivity index (χ0n) is 22.7. The second kappa shape index (κ2) is 10.7. The third-order valence-corrected chi connectivity index (χ3v) is 11.3. The number of pyridine rings is 1. The maximum atomic E-state index is 13.2. The number of sulfonamides is 1. The summed E-state index contributed by atoms with van der Waals surface area (Å²) in [6.45, 7) is 3.42. The van der Waals surface area contributed by atoms with Crippen LogP contribution in [0.2, 0.25) is 5.15 Å². The van der Waals surface area contributed by atoms with E-state index in [1.54, 1.807) is 25.1 Å². The third kappa shape index (κ3) is 5.12. The van der Waals surface area contributed by atoms with Crippen LogP contribution in [0.5, 0.6) is 5.75 Å². The lowest BCUT2D eigenvalue weighted by Crippen LogP contribution is -2.49. The quantitative estimate of drug-likeness (QED) is 0.348. The fraction of sp³-hybridized carbons (Fsp3) is 0.533. The van der Waals surface area contributed by atoms with E-state index in [4.69, 9.17) is 16.3 Å². The fourth-order valence-corrected chi connectivity index (χ4v) is 7.99. The van der Waals surface area contributed by atoms with Gasteiger partial charge in [0.15, 0.2) is 0 Å². The number of rotatable bonds is 0. The Morgan fingerprint density at radius 3 is 2.85 bits per heavy atom. The molecular formula is C30H36ClN3O5S. The molecule has 1 aromatic heterocycles. The van der Waals surface area contributed by atoms with Gasteiger partial charge in [0, 0.05) is 29.8 Å². The van der Waals surface area contributed by atoms with Gasteiger partial charge in [-0.1, -0.05) is 29.8 Å². The first-order chi connectivity index (χ1) is 19.1. The van der Waals surface area contributed by atoms with Gasteiger partial charge in [0.05, 0.1) is 23.6 Å². The number of nitrogens with one attached hydrogen (secondary N) is 1. The monoisotopic (exact) mass is 585 g/mol. The van der Waals surface area contributed by atoms with Crippen LogP contribution in [0, 0.1) is 11.8 Å². The molecule has 1 aromatic carbocycles. The van der Waals surface area contributed by atoms with Crippen LogP contribution in [0.3, 0.4) is 0 Å². The summed E-state index contributed by atoms with van der Waals surface area (Å²) < 4.78 is 34.6. The minimum atomic E-state index is -3.87. The van der Waals surface area contributed by atoms with Gasteiger partial charge in [0.2, 0.25) is 10.0 Å². The Morgan fingerprint density at radius 1 is 1.20 bits per heavy atom. The van der Waals surface area contributed by atoms with Crippen molar-refractivity contribution in [2.75, 3.05) is 24.6 Å². The number of halogens is 1. The summed E-state index contributed by atoms with van der Waals surface area (Å²) in [4.78, 5) is 20.1. The summed E-state index contributed by atoms with van der Waals surface area (Å²) >= 11 is 6.26. The van der Waals surface area contributed by atoms with Crippen molar-refractivity contribution in [1.82, 2.24) is 9.71 Å². The smallest absolute Gasteiger partial charge is 0.264 e. The van der Waals surface area contributed by atoms with Crippen LogP contribution < -0.4 is 14.4 Å². The number of fused-ring (bicyclic) bond motifs is 4. The van der Waals surface area contributed by atoms with Crippen LogP contribution >= 0.6 is 11.6 Å². The van der Waals surface area contributed by atoms with Crippen LogP contribution in [0.1, 0.15) is 67.1 Å². The van der Waals surface area contributed by atoms with Crippen molar-refractivity contribution in [2.24, 2.45) is 11.8 Å². The number of ether oxygens (including phenoxy) is 1. The fourth-order valence-electron chi connectivity index (χ4n) is 6.80. The molecule has 0 radical (unpaired) electrons. The maximum Gasteiger partial charge on any atom is 0.264 e. The molecule has 1 fully saturated rings. The lowest BCUT2D eigenvalue weighted by Gasteiger charge is -2.45. The predicted octanol–water partition coefficient (Wildman–Crippen LogP) is 4.39. The second-order valence-corrected chi connectivity index (χ2v) is 14.4. The number of aromatic nitrogens is 1. The summed E-state index contributed by atoms with van der Waals surface area (Å²) in [5, 5.41) is 10.7. The highest BCUT2D eigenvalue weighted by Crippen LogP contribution is 2.46. The Labute approximate surface area is 240 Å². The Kier molecular flexibility index (Phi) is 7.34. The molecule has 10 heteroatoms. The molecule has 6 rings (SSSR count). The van der Waals surface area contributed by atoms with E-state index in [1.807, 2.05) is 18.2 Å². The normalized spacial score (nSPS) is 32.5. The maximum absolute atomic E-state index is 13.2. The van der Waals surface area contributed by atoms with E-state index in [-0.39, 0.29) is 22.8 Å². The van der Waals surface area contributed by atoms with Crippen molar-refractivity contribution >= 4 is 33.2 Å². The first-order valence-electron chi connectivity index (χ1n) is 14.2. The number of aryl methyl sites for hydroxylation is 1. The van der Waals surface area contributed by atoms with Crippen molar-refractivity contribution in [1.29, 1.82) is 0 Å². The molecule has 3 heterocycles. The Balaban J connectivity index is 1.42. The van der Waals surface area contributed by atoms with Crippen LogP contribution in [0.4, 0.5) is 5.69 Å². The average Bonchev–Trinajstić information content (AvgIpc) is 3.05. The van der Waals surface area contributed by atoms with Crippen LogP contribution in [0.15, 0.2) is 42.5 Å². The molecule has 4 aliphatic rings. The third-order valence-electron chi connectivity index (χ3n) is 9.35. The SMILES string of the molecule is C[C@@H]1CC/C=C\[C@H](O)[C@@H]2CC[C@H]2CN2C[C@@]3(CCCc4nc(Cl)ccc43)COc3ccc(cc32)C(=O)NS1(=O)=O. The number of allylic oxidation sites excluding steroid dienone is 1. The molecule has 8 nitrogen and oxygen atoms in total. The Morgan fingerprint density at radius 2 is 2.05 bits per heavy atom. The highest BCUT2D eigenvalue weighted by molar-refractivity contribution is 7.90. The first-order valence-corrected chi connectivity index (χ1v) is 16.2. The highest BCUT2D eigenvalue weighted by atomic mass is 35.5. The van der Waals surface area contributed by atoms with Crippen molar-refractivity contribution in [3.05, 3.63) is 64.5 Å². The largest absolute Gasteiger partial charge is 0.490 e. The number of aliphatic hydroxyl groups is 1. The topological polar surface area (TPSA) is 109 Å². The van der Waals surface area contributed by atoms with E-state index in [1.165, 1.54) is 0 Å². The van der Waals surface area contributed by atoms with Crippen molar-refractivity contribution in [2.45, 2.75) is 68.6 Å². The number of amides is 1. The first kappa shape index (κ1) is 27.5. The zero-order chi connectivity index (χ0) is 28.1. The highest BCUT2D eigenvalue weighted by Gasteiger charge is 2.44. The summed E-state index contributed by atoms with van der Waals surface area (Å²) in [5.74, 6) is 0.421. The molecule has 2 N–H and O–H groups in total. The van der Waals surface area contributed by atoms with E-state index in [0.717, 1.165) is 49.0 Å². The van der Waals surface area contributed by atoms with Gasteiger partial charge in [-0.05, 0) is 93.5 Å². The number of hydrogen-bond donors (Lipinski definition) is 2. The van der Waals surface area contributed by atoms with Gasteiger partial charge >= 0.3 is 0 Å². The number of hydrogen-bond acceptors (Lipinski definition) is 7. The standard InChI is InChI=1S/C30H36ClN3O5S/c1-19-5-2-3-7-26(35)22-10-8-21(22)16-34-17-30(14-4-6-24-23(30)11-13-28(31)32-24)18-39-27-12-9-20(15-25(27)34)29(36)33-40(19,37)38/h3,7,9,11-13,15,19,21-22,26,35H,2,4-6,8,10,14,16-18H2,1H3,(H,33,36)/b7-3-/t19-,21+,22-,26+,30+/m1/s1. The van der Waals surface area contributed by atoms with E-state index in [2.05, 4.69) is 20.7 Å². The second-order valence-electron chi connectivity index (χ2n) is 11.9. The van der Waals surface area contributed by atoms with E-state index < -0.39 is 27.3 Å². The van der Waals surface area contributed by atoms with Crippen LogP contribution in [-0.4, -0.2) is 55.5 Å². The van der Waals surface area contributed by atoms with Gasteiger partial charge in [-0.3, -0.25) is 4.79 Å². The minimum absolute atomic E-state index is 0.125. The molecule has 1 saturated carbocycles. The van der Waals surface area contributed by atoms with Gasteiger partial charge in [-0.25, -0.2) is 18.1 Å². The molecular weight excluding hydrogens is 550 g/mol. The molecule has 0 saturated heterocycles. The van der Waals surface area contributed by atoms with E-state index >= 15 is 0 Å². The number of carbonyl (C=O) groups is 1. The van der Waals surface area contributed by atoms with E-state index in [0.29, 0.717) is 43.4 Å². The van der Waals surface area contributed by atoms with Crippen LogP contribution in [0.25, 0.3) is 0 Å². The summed E-state index contributed by atoms with van der Waals surface area (Å²) in [5.41, 5.74) is 2.88. The summed E-state index contributed by atoms with van der Waals surface area (Å²) in [6.07, 6.45) is 8.67. The zero-order valence-corrected chi connectivity index (χ0v) is 24.3. The molecule has 2 aliphatic carbocycles. The Bertz CT molecular complexity index is 1450. The van der Waals surface area contributed by atoms with Crippen molar-refractivity contribution in [3.8, 4) is 5.75 Å². The number of anilines is 1. The molecule has 0 unspecified atom stereocenters. The van der Waals surface area contributed by atoms with Crippen molar-refractivity contribution in [3.63, 3.8) is 0 Å². The molecule has 2 aromatic rings. The Hall–Kier alpha value is -2.62. The van der Waals surface area contributed by atoms with Crippen molar-refractivity contribution < 1.29 is 23.1 Å². The van der Waals surface area contributed by atoms with Gasteiger partial charge in [0.25, 0.3) is 5.91 Å². The van der Waals surface area contributed by atoms with Gasteiger partial charge in [-0.2, -0.15) is 0 Å². The minimum Gasteiger partial charge on any atom is -0.490 e. The van der Waals surface area contributed by atoms with Gasteiger partial charge in [-0.15, -0.1) is 0 Å². The molecule has 1 amide bonds. The average molecular weight is 586 g/mol.